The van der Waals surface area contributed by atoms with E-state index in [0.717, 1.165) is 6.42 Å². The highest BCUT2D eigenvalue weighted by Gasteiger charge is 2.34. The van der Waals surface area contributed by atoms with Gasteiger partial charge in [-0.25, -0.2) is 4.79 Å². The molecule has 1 heterocycles. The summed E-state index contributed by atoms with van der Waals surface area (Å²) in [7, 11) is 0. The van der Waals surface area contributed by atoms with E-state index in [9.17, 15) is 9.59 Å². The smallest absolute Gasteiger partial charge is 0.321 e. The maximum atomic E-state index is 11.8. The van der Waals surface area contributed by atoms with Gasteiger partial charge in [0.25, 0.3) is 0 Å². The van der Waals surface area contributed by atoms with Gasteiger partial charge >= 0.3 is 6.03 Å². The van der Waals surface area contributed by atoms with Crippen molar-refractivity contribution in [1.82, 2.24) is 9.80 Å². The van der Waals surface area contributed by atoms with Crippen LogP contribution in [0.25, 0.3) is 0 Å². The Bertz CT molecular complexity index is 240. The molecule has 1 aliphatic heterocycles. The van der Waals surface area contributed by atoms with E-state index in [1.165, 1.54) is 4.90 Å². The van der Waals surface area contributed by atoms with Gasteiger partial charge in [-0.1, -0.05) is 6.92 Å². The number of urea groups is 1. The molecule has 1 unspecified atom stereocenters. The molecule has 4 nitrogen and oxygen atoms in total. The van der Waals surface area contributed by atoms with Crippen LogP contribution in [-0.4, -0.2) is 40.9 Å². The van der Waals surface area contributed by atoms with Crippen molar-refractivity contribution in [3.05, 3.63) is 0 Å². The van der Waals surface area contributed by atoms with Gasteiger partial charge in [-0.2, -0.15) is 0 Å². The van der Waals surface area contributed by atoms with Crippen molar-refractivity contribution in [2.75, 3.05) is 13.1 Å². The summed E-state index contributed by atoms with van der Waals surface area (Å²) >= 11 is 0. The van der Waals surface area contributed by atoms with E-state index in [1.54, 1.807) is 4.90 Å². The van der Waals surface area contributed by atoms with Crippen LogP contribution >= 0.6 is 0 Å². The molecule has 0 N–H and O–H groups in total. The van der Waals surface area contributed by atoms with E-state index >= 15 is 0 Å². The van der Waals surface area contributed by atoms with Gasteiger partial charge in [-0.15, -0.1) is 0 Å². The van der Waals surface area contributed by atoms with Crippen LogP contribution in [-0.2, 0) is 4.79 Å². The Kier molecular flexibility index (Phi) is 3.49. The van der Waals surface area contributed by atoms with Gasteiger partial charge in [0.05, 0.1) is 0 Å². The topological polar surface area (TPSA) is 40.6 Å². The van der Waals surface area contributed by atoms with Gasteiger partial charge in [0.15, 0.2) is 0 Å². The molecule has 0 radical (unpaired) electrons. The summed E-state index contributed by atoms with van der Waals surface area (Å²) in [6.07, 6.45) is 1.28. The molecule has 1 saturated heterocycles. The molecular weight excluding hydrogens is 180 g/mol. The van der Waals surface area contributed by atoms with Crippen LogP contribution in [0.4, 0.5) is 4.79 Å². The first-order valence-electron chi connectivity index (χ1n) is 5.22. The first-order valence-corrected chi connectivity index (χ1v) is 5.22. The second-order valence-electron chi connectivity index (χ2n) is 3.67. The van der Waals surface area contributed by atoms with Crippen molar-refractivity contribution in [1.29, 1.82) is 0 Å². The highest BCUT2D eigenvalue weighted by atomic mass is 16.2. The van der Waals surface area contributed by atoms with Gasteiger partial charge in [0.2, 0.25) is 5.91 Å². The van der Waals surface area contributed by atoms with Crippen LogP contribution in [0.15, 0.2) is 0 Å². The standard InChI is InChI=1S/C10H18N2O2/c1-4-6-12-9(13)7-8(3)11(5-2)10(12)14/h8H,4-7H2,1-3H3. The SMILES string of the molecule is CCCN1C(=O)CC(C)N(CC)C1=O. The third-order valence-electron chi connectivity index (χ3n) is 2.57. The predicted octanol–water partition coefficient (Wildman–Crippen LogP) is 1.46. The van der Waals surface area contributed by atoms with Crippen LogP contribution in [0.3, 0.4) is 0 Å². The number of carbonyl (C=O) groups excluding carboxylic acids is 2. The molecule has 0 aromatic carbocycles. The Morgan fingerprint density at radius 2 is 2.00 bits per heavy atom. The fourth-order valence-corrected chi connectivity index (χ4v) is 1.81. The monoisotopic (exact) mass is 198 g/mol. The van der Waals surface area contributed by atoms with Crippen molar-refractivity contribution in [2.24, 2.45) is 0 Å². The number of hydrogen-bond donors (Lipinski definition) is 0. The summed E-state index contributed by atoms with van der Waals surface area (Å²) < 4.78 is 0. The molecule has 0 aliphatic carbocycles. The lowest BCUT2D eigenvalue weighted by Gasteiger charge is -2.38. The zero-order chi connectivity index (χ0) is 10.7. The molecule has 1 atom stereocenters. The minimum Gasteiger partial charge on any atom is -0.321 e. The number of hydrogen-bond acceptors (Lipinski definition) is 2. The maximum absolute atomic E-state index is 11.8. The fourth-order valence-electron chi connectivity index (χ4n) is 1.81. The van der Waals surface area contributed by atoms with Crippen LogP contribution in [0, 0.1) is 0 Å². The molecule has 0 bridgehead atoms. The van der Waals surface area contributed by atoms with Crippen LogP contribution in [0.2, 0.25) is 0 Å². The molecule has 0 saturated carbocycles. The van der Waals surface area contributed by atoms with Crippen molar-refractivity contribution in [3.63, 3.8) is 0 Å². The molecule has 0 spiro atoms. The van der Waals surface area contributed by atoms with Crippen molar-refractivity contribution in [2.45, 2.75) is 39.7 Å². The van der Waals surface area contributed by atoms with E-state index in [1.807, 2.05) is 20.8 Å². The molecule has 80 valence electrons. The van der Waals surface area contributed by atoms with Gasteiger partial charge in [-0.05, 0) is 20.3 Å². The van der Waals surface area contributed by atoms with Crippen molar-refractivity contribution >= 4 is 11.9 Å². The Labute approximate surface area is 84.9 Å². The molecule has 4 heteroatoms. The van der Waals surface area contributed by atoms with Gasteiger partial charge in [0, 0.05) is 25.6 Å². The summed E-state index contributed by atoms with van der Waals surface area (Å²) in [4.78, 5) is 26.5. The van der Waals surface area contributed by atoms with E-state index in [-0.39, 0.29) is 18.0 Å². The summed E-state index contributed by atoms with van der Waals surface area (Å²) in [5.74, 6) is -0.0333. The lowest BCUT2D eigenvalue weighted by Crippen LogP contribution is -2.55. The summed E-state index contributed by atoms with van der Waals surface area (Å²) in [6.45, 7) is 7.04. The van der Waals surface area contributed by atoms with Crippen molar-refractivity contribution in [3.8, 4) is 0 Å². The summed E-state index contributed by atoms with van der Waals surface area (Å²) in [6, 6.07) is -0.0776. The largest absolute Gasteiger partial charge is 0.326 e. The van der Waals surface area contributed by atoms with Gasteiger partial charge in [0.1, 0.15) is 0 Å². The molecule has 0 aromatic rings. The molecular formula is C10H18N2O2. The van der Waals surface area contributed by atoms with Crippen LogP contribution in [0.1, 0.15) is 33.6 Å². The quantitative estimate of drug-likeness (QED) is 0.688. The summed E-state index contributed by atoms with van der Waals surface area (Å²) in [5.41, 5.74) is 0. The third-order valence-corrected chi connectivity index (χ3v) is 2.57. The minimum atomic E-state index is -0.127. The molecule has 1 fully saturated rings. The van der Waals surface area contributed by atoms with E-state index < -0.39 is 0 Å². The average molecular weight is 198 g/mol. The second-order valence-corrected chi connectivity index (χ2v) is 3.67. The summed E-state index contributed by atoms with van der Waals surface area (Å²) in [5, 5.41) is 0. The van der Waals surface area contributed by atoms with E-state index in [4.69, 9.17) is 0 Å². The third kappa shape index (κ3) is 1.89. The van der Waals surface area contributed by atoms with E-state index in [2.05, 4.69) is 0 Å². The Hall–Kier alpha value is -1.06. The lowest BCUT2D eigenvalue weighted by atomic mass is 10.1. The second kappa shape index (κ2) is 4.44. The molecule has 0 aromatic heterocycles. The number of carbonyl (C=O) groups is 2. The Morgan fingerprint density at radius 1 is 1.36 bits per heavy atom. The van der Waals surface area contributed by atoms with Gasteiger partial charge < -0.3 is 4.90 Å². The Morgan fingerprint density at radius 3 is 2.50 bits per heavy atom. The molecule has 3 amide bonds. The molecule has 1 aliphatic rings. The predicted molar refractivity (Wildman–Crippen MR) is 53.9 cm³/mol. The van der Waals surface area contributed by atoms with Gasteiger partial charge in [-0.3, -0.25) is 9.69 Å². The fraction of sp³-hybridized carbons (Fsp3) is 0.800. The van der Waals surface area contributed by atoms with Crippen LogP contribution in [0.5, 0.6) is 0 Å². The first kappa shape index (κ1) is 11.0. The highest BCUT2D eigenvalue weighted by molar-refractivity contribution is 5.97. The maximum Gasteiger partial charge on any atom is 0.326 e. The molecule has 14 heavy (non-hydrogen) atoms. The minimum absolute atomic E-state index is 0.0333. The normalized spacial score (nSPS) is 23.2. The Balaban J connectivity index is 2.77. The zero-order valence-corrected chi connectivity index (χ0v) is 9.12. The number of nitrogens with zero attached hydrogens (tertiary/aromatic N) is 2. The highest BCUT2D eigenvalue weighted by Crippen LogP contribution is 2.16. The average Bonchev–Trinajstić information content (AvgIpc) is 2.12. The van der Waals surface area contributed by atoms with E-state index in [0.29, 0.717) is 19.5 Å². The molecule has 1 rings (SSSR count). The lowest BCUT2D eigenvalue weighted by molar-refractivity contribution is -0.132. The van der Waals surface area contributed by atoms with Crippen molar-refractivity contribution < 1.29 is 9.59 Å². The number of rotatable bonds is 3. The number of imide groups is 1. The zero-order valence-electron chi connectivity index (χ0n) is 9.12. The first-order chi connectivity index (χ1) is 6.61. The number of amides is 3. The van der Waals surface area contributed by atoms with Crippen LogP contribution < -0.4 is 0 Å².